The number of esters is 1. The van der Waals surface area contributed by atoms with Crippen LogP contribution in [0.1, 0.15) is 5.56 Å². The minimum atomic E-state index is -0.420. The van der Waals surface area contributed by atoms with E-state index in [0.29, 0.717) is 11.3 Å². The molecule has 4 rings (SSSR count). The summed E-state index contributed by atoms with van der Waals surface area (Å²) in [6.07, 6.45) is 0. The second-order valence-corrected chi connectivity index (χ2v) is 5.92. The first kappa shape index (κ1) is 16.5. The van der Waals surface area contributed by atoms with E-state index in [4.69, 9.17) is 10.00 Å². The number of carbonyl (C=O) groups excluding carboxylic acids is 1. The van der Waals surface area contributed by atoms with Gasteiger partial charge in [-0.2, -0.15) is 5.26 Å². The number of hydrogen-bond acceptors (Lipinski definition) is 5. The van der Waals surface area contributed by atoms with Gasteiger partial charge in [-0.25, -0.2) is 9.48 Å². The van der Waals surface area contributed by atoms with Crippen LogP contribution >= 0.6 is 0 Å². The molecule has 0 amide bonds. The van der Waals surface area contributed by atoms with E-state index in [0.717, 1.165) is 22.2 Å². The van der Waals surface area contributed by atoms with Gasteiger partial charge in [-0.05, 0) is 47.5 Å². The number of ether oxygens (including phenoxy) is 1. The summed E-state index contributed by atoms with van der Waals surface area (Å²) < 4.78 is 6.91. The number of benzene rings is 3. The second kappa shape index (κ2) is 7.10. The number of rotatable bonds is 4. The molecule has 0 N–H and O–H groups in total. The molecule has 0 aliphatic heterocycles. The van der Waals surface area contributed by atoms with Gasteiger partial charge in [0.2, 0.25) is 0 Å². The molecular weight excluding hydrogens is 340 g/mol. The average Bonchev–Trinajstić information content (AvgIpc) is 3.11. The maximum atomic E-state index is 12.2. The van der Waals surface area contributed by atoms with Crippen LogP contribution < -0.4 is 4.74 Å². The van der Waals surface area contributed by atoms with Crippen molar-refractivity contribution in [1.29, 1.82) is 5.26 Å². The van der Waals surface area contributed by atoms with Crippen molar-refractivity contribution in [2.75, 3.05) is 0 Å². The van der Waals surface area contributed by atoms with E-state index in [-0.39, 0.29) is 6.54 Å². The fourth-order valence-electron chi connectivity index (χ4n) is 2.77. The van der Waals surface area contributed by atoms with Crippen molar-refractivity contribution in [2.45, 2.75) is 6.54 Å². The zero-order valence-corrected chi connectivity index (χ0v) is 14.2. The van der Waals surface area contributed by atoms with Gasteiger partial charge in [0.05, 0.1) is 17.1 Å². The minimum absolute atomic E-state index is 0.0160. The summed E-state index contributed by atoms with van der Waals surface area (Å²) in [6, 6.07) is 24.1. The number of fused-ring (bicyclic) bond motifs is 1. The third-order valence-electron chi connectivity index (χ3n) is 4.13. The summed E-state index contributed by atoms with van der Waals surface area (Å²) >= 11 is 0. The molecule has 0 bridgehead atoms. The standard InChI is InChI=1S/C21H14N4O2/c22-13-15-5-7-16(8-6-15)17-9-11-18(12-10-17)27-21(26)14-25-20-4-2-1-3-19(20)23-24-25/h1-12H,14H2. The van der Waals surface area contributed by atoms with Crippen molar-refractivity contribution in [1.82, 2.24) is 15.0 Å². The zero-order chi connectivity index (χ0) is 18.6. The molecule has 0 unspecified atom stereocenters. The Bertz CT molecular complexity index is 1140. The third-order valence-corrected chi connectivity index (χ3v) is 4.13. The van der Waals surface area contributed by atoms with E-state index in [1.807, 2.05) is 48.5 Å². The summed E-state index contributed by atoms with van der Waals surface area (Å²) in [4.78, 5) is 12.2. The Morgan fingerprint density at radius 2 is 1.63 bits per heavy atom. The molecule has 0 spiro atoms. The Morgan fingerprint density at radius 3 is 2.33 bits per heavy atom. The van der Waals surface area contributed by atoms with Crippen molar-refractivity contribution >= 4 is 17.0 Å². The molecule has 4 aromatic rings. The van der Waals surface area contributed by atoms with Crippen LogP contribution in [0.4, 0.5) is 0 Å². The smallest absolute Gasteiger partial charge is 0.333 e. The van der Waals surface area contributed by atoms with E-state index >= 15 is 0 Å². The maximum Gasteiger partial charge on any atom is 0.333 e. The van der Waals surface area contributed by atoms with Crippen LogP contribution in [0.5, 0.6) is 5.75 Å². The molecule has 0 saturated carbocycles. The first-order valence-electron chi connectivity index (χ1n) is 8.32. The lowest BCUT2D eigenvalue weighted by molar-refractivity contribution is -0.135. The first-order chi connectivity index (χ1) is 13.2. The molecule has 0 fully saturated rings. The summed E-state index contributed by atoms with van der Waals surface area (Å²) in [5.74, 6) is 0.0404. The van der Waals surface area contributed by atoms with Gasteiger partial charge >= 0.3 is 5.97 Å². The van der Waals surface area contributed by atoms with E-state index < -0.39 is 5.97 Å². The Labute approximate surface area is 155 Å². The highest BCUT2D eigenvalue weighted by atomic mass is 16.5. The summed E-state index contributed by atoms with van der Waals surface area (Å²) in [7, 11) is 0. The van der Waals surface area contributed by atoms with Crippen LogP contribution in [-0.2, 0) is 11.3 Å². The average molecular weight is 354 g/mol. The van der Waals surface area contributed by atoms with Gasteiger partial charge in [-0.1, -0.05) is 41.6 Å². The largest absolute Gasteiger partial charge is 0.425 e. The Morgan fingerprint density at radius 1 is 0.963 bits per heavy atom. The number of hydrogen-bond donors (Lipinski definition) is 0. The highest BCUT2D eigenvalue weighted by Crippen LogP contribution is 2.23. The predicted molar refractivity (Wildman–Crippen MR) is 99.8 cm³/mol. The maximum absolute atomic E-state index is 12.2. The van der Waals surface area contributed by atoms with Crippen molar-refractivity contribution in [3.8, 4) is 22.9 Å². The summed E-state index contributed by atoms with van der Waals surface area (Å²) in [5.41, 5.74) is 4.09. The number of nitrogens with zero attached hydrogens (tertiary/aromatic N) is 4. The number of para-hydroxylation sites is 1. The Hall–Kier alpha value is -3.98. The molecule has 6 nitrogen and oxygen atoms in total. The molecule has 0 atom stereocenters. The molecule has 1 aromatic heterocycles. The molecule has 1 heterocycles. The second-order valence-electron chi connectivity index (χ2n) is 5.92. The summed E-state index contributed by atoms with van der Waals surface area (Å²) in [5, 5.41) is 16.9. The Balaban J connectivity index is 1.44. The molecular formula is C21H14N4O2. The zero-order valence-electron chi connectivity index (χ0n) is 14.2. The fraction of sp³-hybridized carbons (Fsp3) is 0.0476. The monoisotopic (exact) mass is 354 g/mol. The highest BCUT2D eigenvalue weighted by molar-refractivity contribution is 5.78. The van der Waals surface area contributed by atoms with Gasteiger partial charge in [0, 0.05) is 0 Å². The molecule has 0 saturated heterocycles. The lowest BCUT2D eigenvalue weighted by Gasteiger charge is -2.06. The molecule has 0 aliphatic rings. The van der Waals surface area contributed by atoms with E-state index in [2.05, 4.69) is 16.4 Å². The van der Waals surface area contributed by atoms with E-state index in [1.165, 1.54) is 4.68 Å². The summed E-state index contributed by atoms with van der Waals surface area (Å²) in [6.45, 7) is -0.0160. The molecule has 6 heteroatoms. The van der Waals surface area contributed by atoms with Crippen molar-refractivity contribution in [2.24, 2.45) is 0 Å². The molecule has 0 aliphatic carbocycles. The van der Waals surface area contributed by atoms with Gasteiger partial charge < -0.3 is 4.74 Å². The van der Waals surface area contributed by atoms with Crippen molar-refractivity contribution < 1.29 is 9.53 Å². The van der Waals surface area contributed by atoms with Crippen molar-refractivity contribution in [3.63, 3.8) is 0 Å². The number of aromatic nitrogens is 3. The normalized spacial score (nSPS) is 10.5. The van der Waals surface area contributed by atoms with Gasteiger partial charge in [-0.15, -0.1) is 5.10 Å². The predicted octanol–water partition coefficient (Wildman–Crippen LogP) is 3.58. The van der Waals surface area contributed by atoms with Crippen molar-refractivity contribution in [3.05, 3.63) is 78.4 Å². The van der Waals surface area contributed by atoms with Crippen LogP contribution in [0.3, 0.4) is 0 Å². The lowest BCUT2D eigenvalue weighted by atomic mass is 10.0. The molecule has 130 valence electrons. The first-order valence-corrected chi connectivity index (χ1v) is 8.32. The van der Waals surface area contributed by atoms with Gasteiger partial charge in [0.1, 0.15) is 17.8 Å². The van der Waals surface area contributed by atoms with Crippen LogP contribution in [0.2, 0.25) is 0 Å². The van der Waals surface area contributed by atoms with Crippen LogP contribution in [0.25, 0.3) is 22.2 Å². The van der Waals surface area contributed by atoms with Gasteiger partial charge in [0.15, 0.2) is 0 Å². The van der Waals surface area contributed by atoms with Crippen LogP contribution in [0, 0.1) is 11.3 Å². The topological polar surface area (TPSA) is 80.8 Å². The highest BCUT2D eigenvalue weighted by Gasteiger charge is 2.10. The van der Waals surface area contributed by atoms with Crippen LogP contribution in [-0.4, -0.2) is 21.0 Å². The fourth-order valence-corrected chi connectivity index (χ4v) is 2.77. The molecule has 3 aromatic carbocycles. The number of carbonyl (C=O) groups is 1. The minimum Gasteiger partial charge on any atom is -0.425 e. The lowest BCUT2D eigenvalue weighted by Crippen LogP contribution is -2.17. The van der Waals surface area contributed by atoms with E-state index in [1.54, 1.807) is 24.3 Å². The quantitative estimate of drug-likeness (QED) is 0.413. The molecule has 27 heavy (non-hydrogen) atoms. The van der Waals surface area contributed by atoms with Gasteiger partial charge in [0.25, 0.3) is 0 Å². The van der Waals surface area contributed by atoms with E-state index in [9.17, 15) is 4.79 Å². The van der Waals surface area contributed by atoms with Gasteiger partial charge in [-0.3, -0.25) is 0 Å². The van der Waals surface area contributed by atoms with Crippen LogP contribution in [0.15, 0.2) is 72.8 Å². The molecule has 0 radical (unpaired) electrons. The Kier molecular flexibility index (Phi) is 4.33. The number of nitriles is 1. The SMILES string of the molecule is N#Cc1ccc(-c2ccc(OC(=O)Cn3nnc4ccccc43)cc2)cc1. The third kappa shape index (κ3) is 3.53.